The first-order valence-electron chi connectivity index (χ1n) is 12.4. The Balaban J connectivity index is 1.09. The lowest BCUT2D eigenvalue weighted by Gasteiger charge is -2.33. The van der Waals surface area contributed by atoms with E-state index in [1.807, 2.05) is 42.6 Å². The molecule has 2 aromatic carbocycles. The molecule has 0 spiro atoms. The number of hydrogen-bond acceptors (Lipinski definition) is 5. The molecule has 1 atom stereocenters. The van der Waals surface area contributed by atoms with Crippen molar-refractivity contribution in [1.82, 2.24) is 18.8 Å². The van der Waals surface area contributed by atoms with Gasteiger partial charge in [0.05, 0.1) is 10.4 Å². The number of H-pyrrole nitrogens is 1. The Hall–Kier alpha value is -2.88. The zero-order valence-electron chi connectivity index (χ0n) is 19.6. The van der Waals surface area contributed by atoms with Gasteiger partial charge in [-0.2, -0.15) is 4.31 Å². The van der Waals surface area contributed by atoms with Crippen molar-refractivity contribution in [1.29, 1.82) is 0 Å². The predicted octanol–water partition coefficient (Wildman–Crippen LogP) is 3.96. The number of piperidine rings is 1. The molecule has 2 aliphatic rings. The Morgan fingerprint density at radius 2 is 1.83 bits per heavy atom. The summed E-state index contributed by atoms with van der Waals surface area (Å²) in [7, 11) is -3.53. The topological polar surface area (TPSA) is 91.6 Å². The molecular formula is C26H30N4O4S. The lowest BCUT2D eigenvalue weighted by molar-refractivity contribution is 0.172. The Morgan fingerprint density at radius 3 is 2.69 bits per heavy atom. The second-order valence-corrected chi connectivity index (χ2v) is 11.6. The van der Waals surface area contributed by atoms with Crippen molar-refractivity contribution < 1.29 is 12.8 Å². The number of aromatic nitrogens is 2. The van der Waals surface area contributed by atoms with E-state index < -0.39 is 10.0 Å². The van der Waals surface area contributed by atoms with Gasteiger partial charge in [0.15, 0.2) is 5.58 Å². The summed E-state index contributed by atoms with van der Waals surface area (Å²) < 4.78 is 35.8. The van der Waals surface area contributed by atoms with Gasteiger partial charge in [-0.3, -0.25) is 4.57 Å². The van der Waals surface area contributed by atoms with E-state index in [0.29, 0.717) is 17.0 Å². The summed E-state index contributed by atoms with van der Waals surface area (Å²) in [5.74, 6) is -0.283. The fourth-order valence-electron chi connectivity index (χ4n) is 5.80. The predicted molar refractivity (Wildman–Crippen MR) is 135 cm³/mol. The van der Waals surface area contributed by atoms with Crippen molar-refractivity contribution in [3.63, 3.8) is 0 Å². The van der Waals surface area contributed by atoms with Gasteiger partial charge in [0, 0.05) is 43.4 Å². The number of nitrogens with zero attached hydrogens (tertiary/aromatic N) is 3. The second-order valence-electron chi connectivity index (χ2n) is 9.71. The minimum absolute atomic E-state index is 0.0255. The third-order valence-corrected chi connectivity index (χ3v) is 9.62. The smallest absolute Gasteiger partial charge is 0.408 e. The number of likely N-dealkylation sites (tertiary alicyclic amines) is 1. The van der Waals surface area contributed by atoms with Crippen molar-refractivity contribution in [3.05, 3.63) is 65.3 Å². The van der Waals surface area contributed by atoms with Crippen LogP contribution in [-0.4, -0.2) is 59.4 Å². The van der Waals surface area contributed by atoms with Crippen LogP contribution in [0, 0.1) is 0 Å². The summed E-state index contributed by atoms with van der Waals surface area (Å²) in [6, 6.07) is 15.0. The van der Waals surface area contributed by atoms with Crippen molar-refractivity contribution >= 4 is 32.0 Å². The summed E-state index contributed by atoms with van der Waals surface area (Å²) >= 11 is 0. The monoisotopic (exact) mass is 494 g/mol. The summed E-state index contributed by atoms with van der Waals surface area (Å²) in [5, 5.41) is 1.01. The summed E-state index contributed by atoms with van der Waals surface area (Å²) in [6.45, 7) is 3.22. The van der Waals surface area contributed by atoms with E-state index >= 15 is 0 Å². The molecule has 0 amide bonds. The third kappa shape index (κ3) is 4.11. The van der Waals surface area contributed by atoms with Crippen LogP contribution in [0.1, 0.15) is 38.1 Å². The number of benzene rings is 2. The van der Waals surface area contributed by atoms with Crippen molar-refractivity contribution in [3.8, 4) is 0 Å². The van der Waals surface area contributed by atoms with Gasteiger partial charge >= 0.3 is 5.76 Å². The number of aromatic amines is 1. The van der Waals surface area contributed by atoms with Gasteiger partial charge in [-0.25, -0.2) is 13.2 Å². The maximum atomic E-state index is 13.4. The van der Waals surface area contributed by atoms with Gasteiger partial charge in [-0.15, -0.1) is 0 Å². The Bertz CT molecular complexity index is 1510. The molecule has 0 bridgehead atoms. The first-order valence-corrected chi connectivity index (χ1v) is 13.9. The first-order chi connectivity index (χ1) is 17.0. The lowest BCUT2D eigenvalue weighted by Crippen LogP contribution is -2.41. The molecule has 2 fully saturated rings. The van der Waals surface area contributed by atoms with Crippen LogP contribution in [0.25, 0.3) is 22.0 Å². The number of oxazole rings is 1. The number of sulfonamides is 1. The van der Waals surface area contributed by atoms with Crippen molar-refractivity contribution in [2.75, 3.05) is 26.2 Å². The minimum Gasteiger partial charge on any atom is -0.408 e. The molecule has 2 aromatic heterocycles. The van der Waals surface area contributed by atoms with Crippen LogP contribution < -0.4 is 5.76 Å². The zero-order chi connectivity index (χ0) is 24.0. The van der Waals surface area contributed by atoms with Crippen LogP contribution in [0.15, 0.2) is 68.8 Å². The number of para-hydroxylation sites is 2. The second kappa shape index (κ2) is 8.96. The van der Waals surface area contributed by atoms with Gasteiger partial charge in [0.1, 0.15) is 0 Å². The van der Waals surface area contributed by atoms with Crippen LogP contribution in [0.2, 0.25) is 0 Å². The highest BCUT2D eigenvalue weighted by Gasteiger charge is 2.35. The molecule has 2 saturated heterocycles. The standard InChI is InChI=1S/C26H30N4O4S/c31-26-30(24-5-1-2-6-25(24)34-26)21-11-16-28(17-12-21)15-10-20-4-3-14-29(20)35(32,33)22-8-7-19-9-13-27-23(19)18-22/h1-2,5-9,13,18,20-21,27H,3-4,10-12,14-17H2/t20-/m1/s1. The van der Waals surface area contributed by atoms with Crippen LogP contribution in [0.5, 0.6) is 0 Å². The van der Waals surface area contributed by atoms with E-state index in [1.54, 1.807) is 21.0 Å². The highest BCUT2D eigenvalue weighted by Crippen LogP contribution is 2.31. The molecule has 4 heterocycles. The number of nitrogens with one attached hydrogen (secondary N) is 1. The van der Waals surface area contributed by atoms with Crippen LogP contribution >= 0.6 is 0 Å². The molecule has 1 N–H and O–H groups in total. The molecule has 184 valence electrons. The Morgan fingerprint density at radius 1 is 1.00 bits per heavy atom. The molecule has 0 saturated carbocycles. The van der Waals surface area contributed by atoms with E-state index in [1.165, 1.54) is 0 Å². The van der Waals surface area contributed by atoms with Crippen molar-refractivity contribution in [2.45, 2.75) is 49.1 Å². The largest absolute Gasteiger partial charge is 0.420 e. The van der Waals surface area contributed by atoms with Crippen molar-refractivity contribution in [2.24, 2.45) is 0 Å². The van der Waals surface area contributed by atoms with E-state index in [-0.39, 0.29) is 17.8 Å². The summed E-state index contributed by atoms with van der Waals surface area (Å²) in [5.41, 5.74) is 2.34. The van der Waals surface area contributed by atoms with Gasteiger partial charge in [0.2, 0.25) is 10.0 Å². The lowest BCUT2D eigenvalue weighted by atomic mass is 10.0. The molecule has 0 radical (unpaired) electrons. The highest BCUT2D eigenvalue weighted by molar-refractivity contribution is 7.89. The van der Waals surface area contributed by atoms with Crippen LogP contribution in [0.4, 0.5) is 0 Å². The molecule has 9 heteroatoms. The number of fused-ring (bicyclic) bond motifs is 2. The van der Waals surface area contributed by atoms with Gasteiger partial charge in [-0.05, 0) is 74.4 Å². The maximum absolute atomic E-state index is 13.4. The van der Waals surface area contributed by atoms with Crippen LogP contribution in [0.3, 0.4) is 0 Å². The average molecular weight is 495 g/mol. The van der Waals surface area contributed by atoms with E-state index in [9.17, 15) is 13.2 Å². The summed E-state index contributed by atoms with van der Waals surface area (Å²) in [4.78, 5) is 18.3. The van der Waals surface area contributed by atoms with Gasteiger partial charge in [-0.1, -0.05) is 18.2 Å². The Labute approximate surface area is 204 Å². The quantitative estimate of drug-likeness (QED) is 0.438. The SMILES string of the molecule is O=c1oc2ccccc2n1C1CCN(CC[C@H]2CCCN2S(=O)(=O)c2ccc3cc[nH]c3c2)CC1. The fourth-order valence-corrected chi connectivity index (χ4v) is 7.55. The normalized spacial score (nSPS) is 20.9. The Kier molecular flexibility index (Phi) is 5.78. The molecule has 0 aliphatic carbocycles. The molecule has 4 aromatic rings. The van der Waals surface area contributed by atoms with Crippen LogP contribution in [-0.2, 0) is 10.0 Å². The van der Waals surface area contributed by atoms with Gasteiger partial charge < -0.3 is 14.3 Å². The molecule has 0 unspecified atom stereocenters. The molecular weight excluding hydrogens is 464 g/mol. The number of hydrogen-bond donors (Lipinski definition) is 1. The molecule has 2 aliphatic heterocycles. The summed E-state index contributed by atoms with van der Waals surface area (Å²) in [6.07, 6.45) is 6.21. The van der Waals surface area contributed by atoms with Gasteiger partial charge in [0.25, 0.3) is 0 Å². The zero-order valence-corrected chi connectivity index (χ0v) is 20.4. The number of rotatable bonds is 6. The molecule has 8 nitrogen and oxygen atoms in total. The molecule has 35 heavy (non-hydrogen) atoms. The third-order valence-electron chi connectivity index (χ3n) is 7.68. The fraction of sp³-hybridized carbons (Fsp3) is 0.423. The van der Waals surface area contributed by atoms with E-state index in [4.69, 9.17) is 4.42 Å². The first kappa shape index (κ1) is 22.6. The average Bonchev–Trinajstić information content (AvgIpc) is 3.60. The van der Waals surface area contributed by atoms with E-state index in [0.717, 1.165) is 68.2 Å². The maximum Gasteiger partial charge on any atom is 0.420 e. The van der Waals surface area contributed by atoms with E-state index in [2.05, 4.69) is 9.88 Å². The highest BCUT2D eigenvalue weighted by atomic mass is 32.2. The minimum atomic E-state index is -3.53. The molecule has 6 rings (SSSR count).